The van der Waals surface area contributed by atoms with Crippen molar-refractivity contribution in [2.45, 2.75) is 19.1 Å². The largest absolute Gasteiger partial charge is 0.404 e. The van der Waals surface area contributed by atoms with E-state index in [1.807, 2.05) is 5.41 Å². The summed E-state index contributed by atoms with van der Waals surface area (Å²) in [6, 6.07) is 0. The van der Waals surface area contributed by atoms with E-state index in [-0.39, 0.29) is 0 Å². The monoisotopic (exact) mass is 117 g/mol. The van der Waals surface area contributed by atoms with Crippen LogP contribution in [0.15, 0.2) is 11.6 Å². The van der Waals surface area contributed by atoms with Crippen LogP contribution in [-0.2, 0) is 0 Å². The summed E-state index contributed by atoms with van der Waals surface area (Å²) in [5, 5.41) is 2.55. The summed E-state index contributed by atoms with van der Waals surface area (Å²) in [5.74, 6) is 0. The van der Waals surface area contributed by atoms with Crippen LogP contribution in [0.3, 0.4) is 0 Å². The first kappa shape index (κ1) is 6.89. The van der Waals surface area contributed by atoms with Crippen molar-refractivity contribution < 1.29 is 0 Å². The van der Waals surface area contributed by atoms with Gasteiger partial charge in [-0.3, -0.25) is 0 Å². The van der Waals surface area contributed by atoms with E-state index in [4.69, 9.17) is 5.73 Å². The Hall–Kier alpha value is -0.110. The highest BCUT2D eigenvalue weighted by molar-refractivity contribution is 8.02. The van der Waals surface area contributed by atoms with Crippen molar-refractivity contribution in [3.8, 4) is 0 Å². The van der Waals surface area contributed by atoms with Gasteiger partial charge in [-0.05, 0) is 5.41 Å². The van der Waals surface area contributed by atoms with Crippen LogP contribution in [0.2, 0.25) is 0 Å². The van der Waals surface area contributed by atoms with Crippen molar-refractivity contribution in [3.05, 3.63) is 11.6 Å². The quantitative estimate of drug-likeness (QED) is 0.594. The fraction of sp³-hybridized carbons (Fsp3) is 0.600. The Morgan fingerprint density at radius 2 is 2.14 bits per heavy atom. The van der Waals surface area contributed by atoms with Gasteiger partial charge in [0, 0.05) is 11.4 Å². The molecule has 2 heteroatoms. The van der Waals surface area contributed by atoms with Crippen LogP contribution in [0.1, 0.15) is 13.8 Å². The summed E-state index contributed by atoms with van der Waals surface area (Å²) in [6.45, 7) is 4.26. The summed E-state index contributed by atoms with van der Waals surface area (Å²) < 4.78 is 0. The molecule has 0 aliphatic carbocycles. The molecule has 0 aromatic heterocycles. The molecule has 0 radical (unpaired) electrons. The van der Waals surface area contributed by atoms with Crippen LogP contribution in [-0.4, -0.2) is 5.25 Å². The Morgan fingerprint density at radius 3 is 2.29 bits per heavy atom. The topological polar surface area (TPSA) is 26.0 Å². The normalized spacial score (nSPS) is 11.3. The molecule has 0 spiro atoms. The SMILES string of the molecule is CC(C)S/C=C\N. The number of rotatable bonds is 2. The predicted molar refractivity (Wildman–Crippen MR) is 36.1 cm³/mol. The van der Waals surface area contributed by atoms with Crippen LogP contribution in [0.25, 0.3) is 0 Å². The second-order valence-electron chi connectivity index (χ2n) is 1.51. The average molecular weight is 117 g/mol. The number of nitrogens with two attached hydrogens (primary N) is 1. The Kier molecular flexibility index (Phi) is 4.00. The smallest absolute Gasteiger partial charge is 0.00323 e. The molecule has 0 unspecified atom stereocenters. The van der Waals surface area contributed by atoms with E-state index in [1.165, 1.54) is 0 Å². The number of hydrogen-bond donors (Lipinski definition) is 1. The summed E-state index contributed by atoms with van der Waals surface area (Å²) in [5.41, 5.74) is 5.08. The van der Waals surface area contributed by atoms with E-state index in [1.54, 1.807) is 18.0 Å². The summed E-state index contributed by atoms with van der Waals surface area (Å²) in [4.78, 5) is 0. The molecule has 0 amide bonds. The molecule has 0 aromatic rings. The van der Waals surface area contributed by atoms with E-state index in [0.717, 1.165) is 0 Å². The Balaban J connectivity index is 2.97. The molecule has 0 aromatic carbocycles. The fourth-order valence-electron chi connectivity index (χ4n) is 0.202. The zero-order valence-corrected chi connectivity index (χ0v) is 5.53. The maximum Gasteiger partial charge on any atom is 0.00323 e. The van der Waals surface area contributed by atoms with Gasteiger partial charge >= 0.3 is 0 Å². The molecule has 1 nitrogen and oxygen atoms in total. The van der Waals surface area contributed by atoms with E-state index < -0.39 is 0 Å². The highest BCUT2D eigenvalue weighted by Crippen LogP contribution is 2.08. The molecule has 0 aliphatic heterocycles. The van der Waals surface area contributed by atoms with Crippen molar-refractivity contribution in [2.75, 3.05) is 0 Å². The molecule has 0 atom stereocenters. The van der Waals surface area contributed by atoms with E-state index in [0.29, 0.717) is 5.25 Å². The Labute approximate surface area is 49.0 Å². The van der Waals surface area contributed by atoms with Crippen LogP contribution < -0.4 is 5.73 Å². The predicted octanol–water partition coefficient (Wildman–Crippen LogP) is 1.56. The lowest BCUT2D eigenvalue weighted by Gasteiger charge is -1.93. The third-order valence-corrected chi connectivity index (χ3v) is 1.29. The lowest BCUT2D eigenvalue weighted by atomic mass is 10.6. The second-order valence-corrected chi connectivity index (χ2v) is 3.00. The summed E-state index contributed by atoms with van der Waals surface area (Å²) >= 11 is 1.73. The van der Waals surface area contributed by atoms with Gasteiger partial charge in [-0.15, -0.1) is 11.8 Å². The van der Waals surface area contributed by atoms with Crippen molar-refractivity contribution in [3.63, 3.8) is 0 Å². The van der Waals surface area contributed by atoms with Crippen LogP contribution >= 0.6 is 11.8 Å². The van der Waals surface area contributed by atoms with Gasteiger partial charge in [-0.25, -0.2) is 0 Å². The third-order valence-electron chi connectivity index (χ3n) is 0.429. The van der Waals surface area contributed by atoms with Gasteiger partial charge in [0.05, 0.1) is 0 Å². The molecule has 0 aliphatic rings. The van der Waals surface area contributed by atoms with Crippen molar-refractivity contribution in [2.24, 2.45) is 5.73 Å². The van der Waals surface area contributed by atoms with Crippen molar-refractivity contribution in [1.29, 1.82) is 0 Å². The van der Waals surface area contributed by atoms with Crippen LogP contribution in [0.5, 0.6) is 0 Å². The molecule has 0 fully saturated rings. The molecule has 0 heterocycles. The lowest BCUT2D eigenvalue weighted by molar-refractivity contribution is 1.12. The lowest BCUT2D eigenvalue weighted by Crippen LogP contribution is -1.82. The Bertz CT molecular complexity index is 59.1. The standard InChI is InChI=1S/C5H11NS/c1-5(2)7-4-3-6/h3-5H,6H2,1-2H3/b4-3-. The van der Waals surface area contributed by atoms with Crippen molar-refractivity contribution in [1.82, 2.24) is 0 Å². The maximum atomic E-state index is 5.08. The van der Waals surface area contributed by atoms with Gasteiger partial charge in [0.1, 0.15) is 0 Å². The molecule has 7 heavy (non-hydrogen) atoms. The molecule has 42 valence electrons. The average Bonchev–Trinajstić information content (AvgIpc) is 1.61. The fourth-order valence-corrected chi connectivity index (χ4v) is 0.607. The van der Waals surface area contributed by atoms with Gasteiger partial charge in [-0.1, -0.05) is 13.8 Å². The molecular formula is C5H11NS. The molecule has 0 rings (SSSR count). The minimum atomic E-state index is 0.653. The zero-order chi connectivity index (χ0) is 5.70. The molecule has 0 bridgehead atoms. The highest BCUT2D eigenvalue weighted by atomic mass is 32.2. The molecule has 2 N–H and O–H groups in total. The third kappa shape index (κ3) is 5.89. The molecule has 0 saturated heterocycles. The zero-order valence-electron chi connectivity index (χ0n) is 4.72. The van der Waals surface area contributed by atoms with Gasteiger partial charge < -0.3 is 5.73 Å². The first-order valence-corrected chi connectivity index (χ1v) is 3.24. The Morgan fingerprint density at radius 1 is 1.57 bits per heavy atom. The van der Waals surface area contributed by atoms with E-state index in [2.05, 4.69) is 13.8 Å². The van der Waals surface area contributed by atoms with Gasteiger partial charge in [-0.2, -0.15) is 0 Å². The van der Waals surface area contributed by atoms with Crippen molar-refractivity contribution >= 4 is 11.8 Å². The summed E-state index contributed by atoms with van der Waals surface area (Å²) in [7, 11) is 0. The second kappa shape index (κ2) is 4.06. The van der Waals surface area contributed by atoms with Gasteiger partial charge in [0.25, 0.3) is 0 Å². The minimum Gasteiger partial charge on any atom is -0.404 e. The first-order valence-electron chi connectivity index (χ1n) is 2.29. The highest BCUT2D eigenvalue weighted by Gasteiger charge is 1.84. The first-order chi connectivity index (χ1) is 3.27. The maximum absolute atomic E-state index is 5.08. The molecular weight excluding hydrogens is 106 g/mol. The summed E-state index contributed by atoms with van der Waals surface area (Å²) in [6.07, 6.45) is 1.56. The number of thioether (sulfide) groups is 1. The van der Waals surface area contributed by atoms with Crippen LogP contribution in [0, 0.1) is 0 Å². The van der Waals surface area contributed by atoms with Gasteiger partial charge in [0.15, 0.2) is 0 Å². The van der Waals surface area contributed by atoms with E-state index in [9.17, 15) is 0 Å². The van der Waals surface area contributed by atoms with Gasteiger partial charge in [0.2, 0.25) is 0 Å². The van der Waals surface area contributed by atoms with Crippen LogP contribution in [0.4, 0.5) is 0 Å². The van der Waals surface area contributed by atoms with E-state index >= 15 is 0 Å². The molecule has 0 saturated carbocycles. The number of hydrogen-bond acceptors (Lipinski definition) is 2. The minimum absolute atomic E-state index is 0.653.